The number of nitrogens with one attached hydrogen (secondary N) is 2. The zero-order valence-electron chi connectivity index (χ0n) is 17.8. The molecule has 11 heteroatoms. The number of aromatic amines is 1. The van der Waals surface area contributed by atoms with Gasteiger partial charge in [0.2, 0.25) is 0 Å². The van der Waals surface area contributed by atoms with Gasteiger partial charge in [0, 0.05) is 40.4 Å². The SMILES string of the molecule is COc1c(C(C)Nc2ncnc3[nH]cnc23)cc(Cl)c(C)c1-c1cncc(S(C)(=O)=O)c1. The van der Waals surface area contributed by atoms with E-state index in [1.807, 2.05) is 19.9 Å². The van der Waals surface area contributed by atoms with Gasteiger partial charge in [-0.25, -0.2) is 23.4 Å². The molecule has 166 valence electrons. The number of hydrogen-bond acceptors (Lipinski definition) is 8. The van der Waals surface area contributed by atoms with E-state index in [2.05, 4.69) is 30.2 Å². The quantitative estimate of drug-likeness (QED) is 0.432. The fraction of sp³-hybridized carbons (Fsp3) is 0.238. The summed E-state index contributed by atoms with van der Waals surface area (Å²) in [7, 11) is -1.87. The largest absolute Gasteiger partial charge is 0.496 e. The Morgan fingerprint density at radius 3 is 2.69 bits per heavy atom. The number of fused-ring (bicyclic) bond motifs is 1. The van der Waals surface area contributed by atoms with E-state index in [0.29, 0.717) is 38.9 Å². The molecule has 1 aromatic carbocycles. The Hall–Kier alpha value is -3.24. The molecule has 1 unspecified atom stereocenters. The van der Waals surface area contributed by atoms with E-state index >= 15 is 0 Å². The molecule has 3 heterocycles. The minimum Gasteiger partial charge on any atom is -0.496 e. The number of halogens is 1. The van der Waals surface area contributed by atoms with Crippen molar-refractivity contribution in [2.45, 2.75) is 24.8 Å². The molecule has 3 aromatic heterocycles. The number of hydrogen-bond donors (Lipinski definition) is 2. The van der Waals surface area contributed by atoms with Crippen LogP contribution in [0.25, 0.3) is 22.3 Å². The van der Waals surface area contributed by atoms with Gasteiger partial charge < -0.3 is 15.0 Å². The molecule has 4 aromatic rings. The van der Waals surface area contributed by atoms with Crippen LogP contribution in [-0.4, -0.2) is 46.7 Å². The standard InChI is InChI=1S/C21H21ClN6O3S/c1-11-16(22)6-15(12(2)28-21-18-20(25-9-24-18)26-10-27-21)19(31-3)17(11)13-5-14(8-23-7-13)32(4,29)30/h5-10,12H,1-4H3,(H2,24,25,26,27,28). The van der Waals surface area contributed by atoms with Crippen molar-refractivity contribution in [2.24, 2.45) is 0 Å². The van der Waals surface area contributed by atoms with Crippen LogP contribution in [-0.2, 0) is 9.84 Å². The molecule has 32 heavy (non-hydrogen) atoms. The fourth-order valence-electron chi connectivity index (χ4n) is 3.54. The van der Waals surface area contributed by atoms with Crippen molar-refractivity contribution in [2.75, 3.05) is 18.7 Å². The lowest BCUT2D eigenvalue weighted by molar-refractivity contribution is 0.409. The Morgan fingerprint density at radius 2 is 1.97 bits per heavy atom. The van der Waals surface area contributed by atoms with Crippen LogP contribution in [0.1, 0.15) is 24.1 Å². The molecule has 4 rings (SSSR count). The molecule has 1 atom stereocenters. The van der Waals surface area contributed by atoms with E-state index in [1.165, 1.54) is 12.5 Å². The van der Waals surface area contributed by atoms with Crippen LogP contribution in [0.2, 0.25) is 5.02 Å². The summed E-state index contributed by atoms with van der Waals surface area (Å²) in [4.78, 5) is 19.9. The number of aromatic nitrogens is 5. The first kappa shape index (κ1) is 22.0. The van der Waals surface area contributed by atoms with Gasteiger partial charge in [-0.15, -0.1) is 0 Å². The van der Waals surface area contributed by atoms with Crippen LogP contribution in [0.15, 0.2) is 42.1 Å². The molecule has 0 bridgehead atoms. The first-order valence-corrected chi connectivity index (χ1v) is 11.9. The van der Waals surface area contributed by atoms with Gasteiger partial charge in [-0.05, 0) is 31.5 Å². The lowest BCUT2D eigenvalue weighted by atomic mass is 9.94. The molecule has 0 fully saturated rings. The molecule has 0 radical (unpaired) electrons. The third kappa shape index (κ3) is 3.98. The second-order valence-electron chi connectivity index (χ2n) is 7.35. The monoisotopic (exact) mass is 472 g/mol. The van der Waals surface area contributed by atoms with Crippen molar-refractivity contribution in [3.05, 3.63) is 53.3 Å². The average molecular weight is 473 g/mol. The van der Waals surface area contributed by atoms with Gasteiger partial charge in [-0.3, -0.25) is 4.98 Å². The Bertz CT molecular complexity index is 1420. The van der Waals surface area contributed by atoms with E-state index in [0.717, 1.165) is 17.4 Å². The molecule has 0 aliphatic heterocycles. The second kappa shape index (κ2) is 8.36. The van der Waals surface area contributed by atoms with Crippen molar-refractivity contribution in [3.8, 4) is 16.9 Å². The highest BCUT2D eigenvalue weighted by Crippen LogP contribution is 2.43. The maximum absolute atomic E-state index is 12.1. The van der Waals surface area contributed by atoms with Crippen molar-refractivity contribution in [1.29, 1.82) is 0 Å². The van der Waals surface area contributed by atoms with E-state index in [-0.39, 0.29) is 10.9 Å². The van der Waals surface area contributed by atoms with Gasteiger partial charge in [-0.1, -0.05) is 11.6 Å². The van der Waals surface area contributed by atoms with Gasteiger partial charge >= 0.3 is 0 Å². The number of ether oxygens (including phenoxy) is 1. The molecule has 2 N–H and O–H groups in total. The van der Waals surface area contributed by atoms with E-state index in [4.69, 9.17) is 16.3 Å². The van der Waals surface area contributed by atoms with Crippen LogP contribution in [0.5, 0.6) is 5.75 Å². The van der Waals surface area contributed by atoms with Gasteiger partial charge in [0.05, 0.1) is 24.4 Å². The second-order valence-corrected chi connectivity index (χ2v) is 9.77. The van der Waals surface area contributed by atoms with Crippen molar-refractivity contribution >= 4 is 38.4 Å². The fourth-order valence-corrected chi connectivity index (χ4v) is 4.35. The minimum absolute atomic E-state index is 0.117. The van der Waals surface area contributed by atoms with Gasteiger partial charge in [0.15, 0.2) is 21.3 Å². The minimum atomic E-state index is -3.43. The molecular formula is C21H21ClN6O3S. The highest BCUT2D eigenvalue weighted by atomic mass is 35.5. The van der Waals surface area contributed by atoms with E-state index in [1.54, 1.807) is 25.7 Å². The normalized spacial score (nSPS) is 12.7. The summed E-state index contributed by atoms with van der Waals surface area (Å²) in [5.74, 6) is 1.12. The highest BCUT2D eigenvalue weighted by Gasteiger charge is 2.23. The van der Waals surface area contributed by atoms with Crippen LogP contribution in [0.4, 0.5) is 5.82 Å². The van der Waals surface area contributed by atoms with Gasteiger partial charge in [0.25, 0.3) is 0 Å². The smallest absolute Gasteiger partial charge is 0.177 e. The number of methoxy groups -OCH3 is 1. The Balaban J connectivity index is 1.84. The summed E-state index contributed by atoms with van der Waals surface area (Å²) in [6, 6.07) is 3.12. The van der Waals surface area contributed by atoms with Crippen LogP contribution < -0.4 is 10.1 Å². The van der Waals surface area contributed by atoms with Crippen molar-refractivity contribution < 1.29 is 13.2 Å². The van der Waals surface area contributed by atoms with Crippen LogP contribution >= 0.6 is 11.6 Å². The first-order chi connectivity index (χ1) is 15.2. The predicted molar refractivity (Wildman–Crippen MR) is 123 cm³/mol. The number of imidazole rings is 1. The zero-order valence-corrected chi connectivity index (χ0v) is 19.4. The van der Waals surface area contributed by atoms with Gasteiger partial charge in [0.1, 0.15) is 17.6 Å². The number of sulfone groups is 1. The number of anilines is 1. The van der Waals surface area contributed by atoms with Gasteiger partial charge in [-0.2, -0.15) is 0 Å². The van der Waals surface area contributed by atoms with Crippen LogP contribution in [0, 0.1) is 6.92 Å². The van der Waals surface area contributed by atoms with Crippen molar-refractivity contribution in [3.63, 3.8) is 0 Å². The summed E-state index contributed by atoms with van der Waals surface area (Å²) in [6.45, 7) is 3.80. The predicted octanol–water partition coefficient (Wildman–Crippen LogP) is 3.96. The molecule has 9 nitrogen and oxygen atoms in total. The topological polar surface area (TPSA) is 123 Å². The molecule has 0 aliphatic rings. The first-order valence-electron chi connectivity index (χ1n) is 9.63. The number of H-pyrrole nitrogens is 1. The maximum Gasteiger partial charge on any atom is 0.177 e. The zero-order chi connectivity index (χ0) is 23.0. The lowest BCUT2D eigenvalue weighted by Crippen LogP contribution is -2.11. The number of benzene rings is 1. The Labute approximate surface area is 190 Å². The highest BCUT2D eigenvalue weighted by molar-refractivity contribution is 7.90. The summed E-state index contributed by atoms with van der Waals surface area (Å²) in [6.07, 6.45) is 7.06. The molecule has 0 saturated carbocycles. The third-order valence-corrected chi connectivity index (χ3v) is 6.65. The summed E-state index contributed by atoms with van der Waals surface area (Å²) in [5, 5.41) is 3.85. The summed E-state index contributed by atoms with van der Waals surface area (Å²) in [5.41, 5.74) is 4.02. The summed E-state index contributed by atoms with van der Waals surface area (Å²) >= 11 is 6.59. The van der Waals surface area contributed by atoms with Crippen molar-refractivity contribution in [1.82, 2.24) is 24.9 Å². The molecular weight excluding hydrogens is 452 g/mol. The maximum atomic E-state index is 12.1. The number of nitrogens with zero attached hydrogens (tertiary/aromatic N) is 4. The third-order valence-electron chi connectivity index (χ3n) is 5.18. The van der Waals surface area contributed by atoms with E-state index < -0.39 is 9.84 Å². The molecule has 0 amide bonds. The lowest BCUT2D eigenvalue weighted by Gasteiger charge is -2.22. The molecule has 0 aliphatic carbocycles. The summed E-state index contributed by atoms with van der Waals surface area (Å²) < 4.78 is 29.9. The average Bonchev–Trinajstić information content (AvgIpc) is 3.24. The number of pyridine rings is 1. The molecule has 0 saturated heterocycles. The Kier molecular flexibility index (Phi) is 5.74. The molecule has 0 spiro atoms. The Morgan fingerprint density at radius 1 is 1.19 bits per heavy atom. The number of rotatable bonds is 6. The van der Waals surface area contributed by atoms with E-state index in [9.17, 15) is 8.42 Å². The van der Waals surface area contributed by atoms with Crippen LogP contribution in [0.3, 0.4) is 0 Å².